The van der Waals surface area contributed by atoms with E-state index in [0.29, 0.717) is 18.5 Å². The molecule has 2 aromatic rings. The first-order valence-corrected chi connectivity index (χ1v) is 14.1. The van der Waals surface area contributed by atoms with E-state index in [-0.39, 0.29) is 91.9 Å². The number of H-pyrrole nitrogens is 1. The topological polar surface area (TPSA) is 119 Å². The molecule has 10 nitrogen and oxygen atoms in total. The van der Waals surface area contributed by atoms with Crippen molar-refractivity contribution in [3.63, 3.8) is 0 Å². The van der Waals surface area contributed by atoms with Gasteiger partial charge in [0.25, 0.3) is 5.91 Å². The first kappa shape index (κ1) is 30.2. The van der Waals surface area contributed by atoms with Crippen LogP contribution in [-0.2, 0) is 14.3 Å². The maximum Gasteiger partial charge on any atom is 0.417 e. The summed E-state index contributed by atoms with van der Waals surface area (Å²) < 4.78 is 71.1. The Bertz CT molecular complexity index is 1270. The van der Waals surface area contributed by atoms with Gasteiger partial charge < -0.3 is 24.4 Å². The number of fused-ring (bicyclic) bond motifs is 2. The third kappa shape index (κ3) is 5.96. The van der Waals surface area contributed by atoms with Gasteiger partial charge in [-0.2, -0.15) is 18.3 Å². The Hall–Kier alpha value is -3.26. The Kier molecular flexibility index (Phi) is 8.74. The SMILES string of the molecule is COCCO[C@]1(C(F)(F)F)CC[C@@H](NC(=O)[C@@H]2C[C@H]3CC[C@@H](C2)N3C(=O)c2cc(-c3cc(OC)ncc3F)[nH]n2)CC1. The van der Waals surface area contributed by atoms with Crippen molar-refractivity contribution in [1.29, 1.82) is 0 Å². The Labute approximate surface area is 240 Å². The largest absolute Gasteiger partial charge is 0.481 e. The highest BCUT2D eigenvalue weighted by atomic mass is 19.4. The van der Waals surface area contributed by atoms with Gasteiger partial charge in [0, 0.05) is 42.8 Å². The molecule has 2 bridgehead atoms. The van der Waals surface area contributed by atoms with Crippen LogP contribution in [0.1, 0.15) is 61.9 Å². The maximum absolute atomic E-state index is 14.4. The van der Waals surface area contributed by atoms with E-state index < -0.39 is 17.6 Å². The molecule has 0 spiro atoms. The minimum absolute atomic E-state index is 0.0708. The molecule has 14 heteroatoms. The third-order valence-corrected chi connectivity index (χ3v) is 8.79. The lowest BCUT2D eigenvalue weighted by molar-refractivity contribution is -0.290. The molecule has 0 radical (unpaired) electrons. The van der Waals surface area contributed by atoms with Gasteiger partial charge in [-0.15, -0.1) is 0 Å². The van der Waals surface area contributed by atoms with Gasteiger partial charge in [0.15, 0.2) is 17.1 Å². The van der Waals surface area contributed by atoms with E-state index in [1.165, 1.54) is 26.4 Å². The maximum atomic E-state index is 14.4. The van der Waals surface area contributed by atoms with Crippen molar-refractivity contribution in [1.82, 2.24) is 25.4 Å². The third-order valence-electron chi connectivity index (χ3n) is 8.79. The summed E-state index contributed by atoms with van der Waals surface area (Å²) in [4.78, 5) is 32.2. The number of carbonyl (C=O) groups is 2. The van der Waals surface area contributed by atoms with Crippen LogP contribution in [-0.4, -0.2) is 89.2 Å². The Balaban J connectivity index is 1.18. The molecule has 2 amide bonds. The van der Waals surface area contributed by atoms with Crippen LogP contribution in [0.3, 0.4) is 0 Å². The van der Waals surface area contributed by atoms with Crippen LogP contribution in [0.15, 0.2) is 18.3 Å². The lowest BCUT2D eigenvalue weighted by Gasteiger charge is -2.42. The van der Waals surface area contributed by atoms with Crippen molar-refractivity contribution in [2.75, 3.05) is 27.4 Å². The number of aromatic amines is 1. The number of aromatic nitrogens is 3. The predicted molar refractivity (Wildman–Crippen MR) is 141 cm³/mol. The van der Waals surface area contributed by atoms with E-state index in [9.17, 15) is 27.2 Å². The van der Waals surface area contributed by atoms with Crippen LogP contribution in [0.2, 0.25) is 0 Å². The molecule has 0 aromatic carbocycles. The van der Waals surface area contributed by atoms with Crippen molar-refractivity contribution in [2.24, 2.45) is 5.92 Å². The van der Waals surface area contributed by atoms with Crippen molar-refractivity contribution < 1.29 is 41.4 Å². The number of methoxy groups -OCH3 is 2. The van der Waals surface area contributed by atoms with Gasteiger partial charge in [0.05, 0.1) is 32.2 Å². The molecule has 4 heterocycles. The second kappa shape index (κ2) is 12.2. The molecule has 3 aliphatic rings. The molecule has 2 aromatic heterocycles. The second-order valence-corrected chi connectivity index (χ2v) is 11.3. The van der Waals surface area contributed by atoms with Crippen molar-refractivity contribution in [2.45, 2.75) is 81.3 Å². The average Bonchev–Trinajstić information content (AvgIpc) is 3.55. The fraction of sp³-hybridized carbons (Fsp3) is 0.643. The van der Waals surface area contributed by atoms with Gasteiger partial charge >= 0.3 is 6.18 Å². The molecule has 0 unspecified atom stereocenters. The van der Waals surface area contributed by atoms with Gasteiger partial charge in [-0.3, -0.25) is 14.7 Å². The molecule has 2 N–H and O–H groups in total. The normalized spacial score (nSPS) is 27.6. The zero-order chi connectivity index (χ0) is 30.1. The van der Waals surface area contributed by atoms with Crippen LogP contribution < -0.4 is 10.1 Å². The number of pyridine rings is 1. The number of hydrogen-bond acceptors (Lipinski definition) is 7. The molecule has 230 valence electrons. The first-order chi connectivity index (χ1) is 20.0. The van der Waals surface area contributed by atoms with Crippen LogP contribution in [0, 0.1) is 11.7 Å². The summed E-state index contributed by atoms with van der Waals surface area (Å²) >= 11 is 0. The fourth-order valence-electron chi connectivity index (χ4n) is 6.54. The number of nitrogens with zero attached hydrogens (tertiary/aromatic N) is 3. The number of rotatable bonds is 9. The Morgan fingerprint density at radius 1 is 1.10 bits per heavy atom. The fourth-order valence-corrected chi connectivity index (χ4v) is 6.54. The van der Waals surface area contributed by atoms with E-state index in [1.807, 2.05) is 0 Å². The number of piperidine rings is 1. The highest BCUT2D eigenvalue weighted by Gasteiger charge is 2.57. The van der Waals surface area contributed by atoms with E-state index in [2.05, 4.69) is 20.5 Å². The minimum Gasteiger partial charge on any atom is -0.481 e. The second-order valence-electron chi connectivity index (χ2n) is 11.3. The first-order valence-electron chi connectivity index (χ1n) is 14.1. The zero-order valence-electron chi connectivity index (χ0n) is 23.5. The number of nitrogens with one attached hydrogen (secondary N) is 2. The average molecular weight is 598 g/mol. The number of ether oxygens (including phenoxy) is 3. The smallest absolute Gasteiger partial charge is 0.417 e. The molecule has 3 atom stereocenters. The monoisotopic (exact) mass is 597 g/mol. The van der Waals surface area contributed by atoms with Crippen molar-refractivity contribution in [3.8, 4) is 17.1 Å². The standard InChI is InChI=1S/C28H35F4N5O5/c1-40-9-10-42-27(28(30,31)32)7-5-17(6-8-27)34-25(38)16-11-18-3-4-19(12-16)37(18)26(39)23-14-22(35-36-23)20-13-24(41-2)33-15-21(20)29/h13-19H,3-12H2,1-2H3,(H,34,38)(H,35,36)/t16-,17-,18-,19+,27-. The lowest BCUT2D eigenvalue weighted by Crippen LogP contribution is -2.55. The Morgan fingerprint density at radius 3 is 2.40 bits per heavy atom. The predicted octanol–water partition coefficient (Wildman–Crippen LogP) is 4.03. The molecule has 1 saturated carbocycles. The zero-order valence-corrected chi connectivity index (χ0v) is 23.5. The summed E-state index contributed by atoms with van der Waals surface area (Å²) in [6, 6.07) is 2.20. The van der Waals surface area contributed by atoms with Gasteiger partial charge in [-0.25, -0.2) is 9.37 Å². The molecule has 2 aliphatic heterocycles. The molecule has 1 aliphatic carbocycles. The summed E-state index contributed by atoms with van der Waals surface area (Å²) in [5, 5.41) is 9.81. The molecule has 2 saturated heterocycles. The highest BCUT2D eigenvalue weighted by Crippen LogP contribution is 2.45. The minimum atomic E-state index is -4.51. The van der Waals surface area contributed by atoms with Gasteiger partial charge in [-0.1, -0.05) is 0 Å². The number of halogens is 4. The molecule has 3 fully saturated rings. The molecule has 42 heavy (non-hydrogen) atoms. The number of carbonyl (C=O) groups excluding carboxylic acids is 2. The van der Waals surface area contributed by atoms with E-state index in [4.69, 9.17) is 14.2 Å². The van der Waals surface area contributed by atoms with Crippen LogP contribution >= 0.6 is 0 Å². The molecule has 5 rings (SSSR count). The number of hydrogen-bond donors (Lipinski definition) is 2. The summed E-state index contributed by atoms with van der Waals surface area (Å²) in [5.41, 5.74) is -1.60. The van der Waals surface area contributed by atoms with Crippen molar-refractivity contribution >= 4 is 11.8 Å². The lowest BCUT2D eigenvalue weighted by atomic mass is 9.81. The van der Waals surface area contributed by atoms with E-state index >= 15 is 0 Å². The Morgan fingerprint density at radius 2 is 1.79 bits per heavy atom. The van der Waals surface area contributed by atoms with Crippen LogP contribution in [0.25, 0.3) is 11.3 Å². The van der Waals surface area contributed by atoms with E-state index in [0.717, 1.165) is 19.0 Å². The van der Waals surface area contributed by atoms with Gasteiger partial charge in [-0.05, 0) is 57.4 Å². The highest BCUT2D eigenvalue weighted by molar-refractivity contribution is 5.94. The van der Waals surface area contributed by atoms with Crippen LogP contribution in [0.4, 0.5) is 17.6 Å². The number of amides is 2. The van der Waals surface area contributed by atoms with Gasteiger partial charge in [0.1, 0.15) is 0 Å². The summed E-state index contributed by atoms with van der Waals surface area (Å²) in [6.45, 7) is -0.0799. The quantitative estimate of drug-likeness (QED) is 0.331. The van der Waals surface area contributed by atoms with Crippen LogP contribution in [0.5, 0.6) is 5.88 Å². The number of alkyl halides is 3. The van der Waals surface area contributed by atoms with Crippen molar-refractivity contribution in [3.05, 3.63) is 29.8 Å². The summed E-state index contributed by atoms with van der Waals surface area (Å²) in [7, 11) is 2.82. The molecular weight excluding hydrogens is 562 g/mol. The summed E-state index contributed by atoms with van der Waals surface area (Å²) in [6.07, 6.45) is -1.22. The van der Waals surface area contributed by atoms with Gasteiger partial charge in [0.2, 0.25) is 11.8 Å². The molecular formula is C28H35F4N5O5. The summed E-state index contributed by atoms with van der Waals surface area (Å²) in [5.74, 6) is -1.20. The van der Waals surface area contributed by atoms with E-state index in [1.54, 1.807) is 4.90 Å².